The van der Waals surface area contributed by atoms with Crippen molar-refractivity contribution in [1.29, 1.82) is 0 Å². The number of primary amides is 1. The lowest BCUT2D eigenvalue weighted by atomic mass is 10.1. The average molecular weight is 262 g/mol. The van der Waals surface area contributed by atoms with E-state index in [0.717, 1.165) is 0 Å². The number of amides is 1. The molecule has 1 aromatic heterocycles. The summed E-state index contributed by atoms with van der Waals surface area (Å²) in [5.41, 5.74) is 6.68. The Morgan fingerprint density at radius 1 is 1.47 bits per heavy atom. The second-order valence-corrected chi connectivity index (χ2v) is 4.12. The monoisotopic (exact) mass is 262 g/mol. The van der Waals surface area contributed by atoms with E-state index in [1.54, 1.807) is 29.2 Å². The zero-order chi connectivity index (χ0) is 13.8. The van der Waals surface area contributed by atoms with Crippen molar-refractivity contribution in [3.8, 4) is 0 Å². The van der Waals surface area contributed by atoms with Gasteiger partial charge in [-0.05, 0) is 31.2 Å². The third-order valence-electron chi connectivity index (χ3n) is 2.75. The van der Waals surface area contributed by atoms with Crippen molar-refractivity contribution in [2.75, 3.05) is 5.32 Å². The molecule has 1 heterocycles. The van der Waals surface area contributed by atoms with Gasteiger partial charge in [-0.1, -0.05) is 0 Å². The number of rotatable bonds is 5. The van der Waals surface area contributed by atoms with Crippen LogP contribution < -0.4 is 11.1 Å². The van der Waals surface area contributed by atoms with Gasteiger partial charge < -0.3 is 11.1 Å². The van der Waals surface area contributed by atoms with Crippen molar-refractivity contribution in [3.05, 3.63) is 48.0 Å². The molecule has 0 aliphatic carbocycles. The minimum Gasteiger partial charge on any atom is -0.370 e. The van der Waals surface area contributed by atoms with Crippen LogP contribution in [0, 0.1) is 5.82 Å². The number of aromatic nitrogens is 2. The van der Waals surface area contributed by atoms with Gasteiger partial charge in [0.2, 0.25) is 5.91 Å². The maximum Gasteiger partial charge on any atom is 0.244 e. The van der Waals surface area contributed by atoms with Crippen LogP contribution in [0.2, 0.25) is 0 Å². The van der Waals surface area contributed by atoms with E-state index in [1.807, 2.05) is 6.92 Å². The SMILES string of the molecule is CCn1cc(C(Nc2ccc(F)cc2)C(N)=O)cn1. The van der Waals surface area contributed by atoms with Crippen molar-refractivity contribution >= 4 is 11.6 Å². The van der Waals surface area contributed by atoms with Crippen LogP contribution in [-0.2, 0) is 11.3 Å². The molecule has 0 aliphatic rings. The molecule has 1 aromatic carbocycles. The van der Waals surface area contributed by atoms with Crippen LogP contribution in [0.25, 0.3) is 0 Å². The number of carbonyl (C=O) groups is 1. The Bertz CT molecular complexity index is 564. The first-order chi connectivity index (χ1) is 9.10. The summed E-state index contributed by atoms with van der Waals surface area (Å²) in [4.78, 5) is 11.5. The average Bonchev–Trinajstić information content (AvgIpc) is 2.86. The molecule has 1 atom stereocenters. The Morgan fingerprint density at radius 3 is 2.68 bits per heavy atom. The van der Waals surface area contributed by atoms with Gasteiger partial charge in [0.05, 0.1) is 6.20 Å². The largest absolute Gasteiger partial charge is 0.370 e. The lowest BCUT2D eigenvalue weighted by Gasteiger charge is -2.15. The maximum absolute atomic E-state index is 12.8. The fourth-order valence-electron chi connectivity index (χ4n) is 1.73. The molecule has 3 N–H and O–H groups in total. The Morgan fingerprint density at radius 2 is 2.16 bits per heavy atom. The van der Waals surface area contributed by atoms with Gasteiger partial charge in [0.15, 0.2) is 0 Å². The van der Waals surface area contributed by atoms with Crippen LogP contribution in [0.5, 0.6) is 0 Å². The van der Waals surface area contributed by atoms with Crippen molar-refractivity contribution in [2.24, 2.45) is 5.73 Å². The molecule has 5 nitrogen and oxygen atoms in total. The fraction of sp³-hybridized carbons (Fsp3) is 0.231. The molecule has 2 rings (SSSR count). The second kappa shape index (κ2) is 5.51. The van der Waals surface area contributed by atoms with Crippen LogP contribution >= 0.6 is 0 Å². The van der Waals surface area contributed by atoms with E-state index in [2.05, 4.69) is 10.4 Å². The number of carbonyl (C=O) groups excluding carboxylic acids is 1. The highest BCUT2D eigenvalue weighted by atomic mass is 19.1. The number of hydrogen-bond acceptors (Lipinski definition) is 3. The van der Waals surface area contributed by atoms with Gasteiger partial charge >= 0.3 is 0 Å². The molecule has 2 aromatic rings. The number of halogens is 1. The fourth-order valence-corrected chi connectivity index (χ4v) is 1.73. The molecule has 6 heteroatoms. The van der Waals surface area contributed by atoms with Gasteiger partial charge in [-0.15, -0.1) is 0 Å². The summed E-state index contributed by atoms with van der Waals surface area (Å²) < 4.78 is 14.5. The molecule has 0 saturated heterocycles. The first-order valence-corrected chi connectivity index (χ1v) is 5.94. The predicted molar refractivity (Wildman–Crippen MR) is 69.9 cm³/mol. The summed E-state index contributed by atoms with van der Waals surface area (Å²) in [5.74, 6) is -0.847. The summed E-state index contributed by atoms with van der Waals surface area (Å²) in [6.45, 7) is 2.66. The van der Waals surface area contributed by atoms with Gasteiger partial charge in [0.25, 0.3) is 0 Å². The Balaban J connectivity index is 2.21. The summed E-state index contributed by atoms with van der Waals surface area (Å²) >= 11 is 0. The highest BCUT2D eigenvalue weighted by Gasteiger charge is 2.19. The number of anilines is 1. The molecule has 0 fully saturated rings. The molecule has 0 aliphatic heterocycles. The molecular formula is C13H15FN4O. The molecule has 0 spiro atoms. The van der Waals surface area contributed by atoms with Crippen LogP contribution in [0.4, 0.5) is 10.1 Å². The Labute approximate surface area is 110 Å². The molecule has 0 saturated carbocycles. The van der Waals surface area contributed by atoms with Crippen molar-refractivity contribution in [1.82, 2.24) is 9.78 Å². The highest BCUT2D eigenvalue weighted by Crippen LogP contribution is 2.19. The lowest BCUT2D eigenvalue weighted by molar-refractivity contribution is -0.118. The first-order valence-electron chi connectivity index (χ1n) is 5.94. The Hall–Kier alpha value is -2.37. The van der Waals surface area contributed by atoms with E-state index < -0.39 is 11.9 Å². The van der Waals surface area contributed by atoms with Crippen LogP contribution in [0.3, 0.4) is 0 Å². The molecule has 100 valence electrons. The lowest BCUT2D eigenvalue weighted by Crippen LogP contribution is -2.27. The summed E-state index contributed by atoms with van der Waals surface area (Å²) in [5, 5.41) is 7.07. The van der Waals surface area contributed by atoms with E-state index >= 15 is 0 Å². The standard InChI is InChI=1S/C13H15FN4O/c1-2-18-8-9(7-16-18)12(13(15)19)17-11-5-3-10(14)4-6-11/h3-8,12,17H,2H2,1H3,(H2,15,19). The van der Waals surface area contributed by atoms with Crippen molar-refractivity contribution in [2.45, 2.75) is 19.5 Å². The minimum atomic E-state index is -0.689. The summed E-state index contributed by atoms with van der Waals surface area (Å²) in [7, 11) is 0. The van der Waals surface area contributed by atoms with E-state index in [-0.39, 0.29) is 5.82 Å². The van der Waals surface area contributed by atoms with Crippen molar-refractivity contribution < 1.29 is 9.18 Å². The van der Waals surface area contributed by atoms with Gasteiger partial charge in [0, 0.05) is 24.0 Å². The van der Waals surface area contributed by atoms with Gasteiger partial charge in [-0.2, -0.15) is 5.10 Å². The van der Waals surface area contributed by atoms with E-state index in [1.165, 1.54) is 12.1 Å². The normalized spacial score (nSPS) is 12.1. The molecule has 1 amide bonds. The van der Waals surface area contributed by atoms with E-state index in [9.17, 15) is 9.18 Å². The maximum atomic E-state index is 12.8. The number of nitrogens with two attached hydrogens (primary N) is 1. The van der Waals surface area contributed by atoms with Gasteiger partial charge in [-0.3, -0.25) is 9.48 Å². The second-order valence-electron chi connectivity index (χ2n) is 4.12. The number of hydrogen-bond donors (Lipinski definition) is 2. The smallest absolute Gasteiger partial charge is 0.244 e. The quantitative estimate of drug-likeness (QED) is 0.861. The van der Waals surface area contributed by atoms with Crippen LogP contribution in [0.1, 0.15) is 18.5 Å². The topological polar surface area (TPSA) is 72.9 Å². The number of benzene rings is 1. The van der Waals surface area contributed by atoms with Crippen molar-refractivity contribution in [3.63, 3.8) is 0 Å². The third kappa shape index (κ3) is 3.09. The van der Waals surface area contributed by atoms with Crippen LogP contribution in [-0.4, -0.2) is 15.7 Å². The third-order valence-corrected chi connectivity index (χ3v) is 2.75. The zero-order valence-corrected chi connectivity index (χ0v) is 10.5. The molecule has 0 radical (unpaired) electrons. The Kier molecular flexibility index (Phi) is 3.79. The molecule has 0 bridgehead atoms. The van der Waals surface area contributed by atoms with Gasteiger partial charge in [-0.25, -0.2) is 4.39 Å². The number of nitrogens with one attached hydrogen (secondary N) is 1. The van der Waals surface area contributed by atoms with E-state index in [4.69, 9.17) is 5.73 Å². The summed E-state index contributed by atoms with van der Waals surface area (Å²) in [6, 6.07) is 5.04. The molecule has 19 heavy (non-hydrogen) atoms. The zero-order valence-electron chi connectivity index (χ0n) is 10.5. The molecular weight excluding hydrogens is 247 g/mol. The minimum absolute atomic E-state index is 0.333. The number of aryl methyl sites for hydroxylation is 1. The number of nitrogens with zero attached hydrogens (tertiary/aromatic N) is 2. The highest BCUT2D eigenvalue weighted by molar-refractivity contribution is 5.84. The molecule has 1 unspecified atom stereocenters. The summed E-state index contributed by atoms with van der Waals surface area (Å²) in [6.07, 6.45) is 3.35. The van der Waals surface area contributed by atoms with Crippen LogP contribution in [0.15, 0.2) is 36.7 Å². The van der Waals surface area contributed by atoms with Gasteiger partial charge in [0.1, 0.15) is 11.9 Å². The first kappa shape index (κ1) is 13.1. The predicted octanol–water partition coefficient (Wildman–Crippen LogP) is 1.68. The van der Waals surface area contributed by atoms with E-state index in [0.29, 0.717) is 17.8 Å².